The summed E-state index contributed by atoms with van der Waals surface area (Å²) in [5, 5.41) is 11.2. The third-order valence-corrected chi connectivity index (χ3v) is 4.43. The van der Waals surface area contributed by atoms with Gasteiger partial charge >= 0.3 is 0 Å². The third kappa shape index (κ3) is 4.44. The molecule has 0 aliphatic rings. The average Bonchev–Trinajstić information content (AvgIpc) is 2.69. The van der Waals surface area contributed by atoms with E-state index in [-0.39, 0.29) is 18.4 Å². The van der Waals surface area contributed by atoms with Crippen molar-refractivity contribution in [2.45, 2.75) is 20.3 Å². The Bertz CT molecular complexity index is 977. The van der Waals surface area contributed by atoms with Crippen LogP contribution in [-0.4, -0.2) is 18.4 Å². The molecule has 0 fully saturated rings. The molecule has 0 atom stereocenters. The highest BCUT2D eigenvalue weighted by atomic mass is 16.2. The Labute approximate surface area is 158 Å². The van der Waals surface area contributed by atoms with Gasteiger partial charge in [-0.1, -0.05) is 49.4 Å². The first kappa shape index (κ1) is 18.5. The molecule has 0 bridgehead atoms. The monoisotopic (exact) mass is 361 g/mol. The van der Waals surface area contributed by atoms with Gasteiger partial charge in [0.15, 0.2) is 0 Å². The van der Waals surface area contributed by atoms with E-state index in [2.05, 4.69) is 16.0 Å². The summed E-state index contributed by atoms with van der Waals surface area (Å²) >= 11 is 0. The largest absolute Gasteiger partial charge is 0.376 e. The van der Waals surface area contributed by atoms with Gasteiger partial charge in [0.1, 0.15) is 0 Å². The molecule has 3 rings (SSSR count). The maximum absolute atomic E-state index is 12.4. The second-order valence-electron chi connectivity index (χ2n) is 6.31. The first-order valence-corrected chi connectivity index (χ1v) is 8.99. The summed E-state index contributed by atoms with van der Waals surface area (Å²) in [5.41, 5.74) is 3.15. The molecule has 2 amide bonds. The van der Waals surface area contributed by atoms with Crippen molar-refractivity contribution in [1.29, 1.82) is 0 Å². The van der Waals surface area contributed by atoms with Gasteiger partial charge in [-0.3, -0.25) is 9.59 Å². The molecule has 0 saturated heterocycles. The number of hydrogen-bond acceptors (Lipinski definition) is 3. The van der Waals surface area contributed by atoms with Crippen molar-refractivity contribution in [1.82, 2.24) is 0 Å². The van der Waals surface area contributed by atoms with E-state index >= 15 is 0 Å². The molecular weight excluding hydrogens is 338 g/mol. The van der Waals surface area contributed by atoms with Crippen LogP contribution in [0.4, 0.5) is 17.1 Å². The second kappa shape index (κ2) is 8.36. The molecule has 5 nitrogen and oxygen atoms in total. The molecule has 0 spiro atoms. The Kier molecular flexibility index (Phi) is 5.71. The van der Waals surface area contributed by atoms with Crippen molar-refractivity contribution in [2.75, 3.05) is 22.5 Å². The summed E-state index contributed by atoms with van der Waals surface area (Å²) in [6, 6.07) is 19.5. The van der Waals surface area contributed by atoms with E-state index < -0.39 is 0 Å². The normalized spacial score (nSPS) is 10.4. The van der Waals surface area contributed by atoms with Crippen LogP contribution in [0.15, 0.2) is 60.7 Å². The zero-order chi connectivity index (χ0) is 19.2. The smallest absolute Gasteiger partial charge is 0.243 e. The topological polar surface area (TPSA) is 70.2 Å². The molecule has 0 aliphatic heterocycles. The van der Waals surface area contributed by atoms with Crippen molar-refractivity contribution in [2.24, 2.45) is 0 Å². The predicted molar refractivity (Wildman–Crippen MR) is 111 cm³/mol. The number of fused-ring (bicyclic) bond motifs is 1. The minimum absolute atomic E-state index is 0.0563. The number of carbonyl (C=O) groups excluding carboxylic acids is 2. The Hall–Kier alpha value is -3.34. The SMILES string of the molecule is CCC(=O)Nc1cccc(NC(=O)CNc2cccc3ccccc23)c1C. The number of hydrogen-bond donors (Lipinski definition) is 3. The molecule has 3 aromatic carbocycles. The molecule has 3 N–H and O–H groups in total. The Morgan fingerprint density at radius 3 is 2.11 bits per heavy atom. The van der Waals surface area contributed by atoms with Crippen LogP contribution in [0.25, 0.3) is 10.8 Å². The molecule has 0 radical (unpaired) electrons. The third-order valence-electron chi connectivity index (χ3n) is 4.43. The minimum atomic E-state index is -0.148. The Balaban J connectivity index is 1.67. The first-order valence-electron chi connectivity index (χ1n) is 8.99. The van der Waals surface area contributed by atoms with Crippen molar-refractivity contribution < 1.29 is 9.59 Å². The lowest BCUT2D eigenvalue weighted by Crippen LogP contribution is -2.22. The zero-order valence-electron chi connectivity index (χ0n) is 15.5. The molecule has 0 heterocycles. The quantitative estimate of drug-likeness (QED) is 0.603. The van der Waals surface area contributed by atoms with E-state index in [9.17, 15) is 9.59 Å². The van der Waals surface area contributed by atoms with Gasteiger partial charge in [-0.15, -0.1) is 0 Å². The van der Waals surface area contributed by atoms with Crippen LogP contribution in [0.2, 0.25) is 0 Å². The summed E-state index contributed by atoms with van der Waals surface area (Å²) in [7, 11) is 0. The Morgan fingerprint density at radius 2 is 1.37 bits per heavy atom. The van der Waals surface area contributed by atoms with Gasteiger partial charge in [0, 0.05) is 28.9 Å². The fourth-order valence-electron chi connectivity index (χ4n) is 2.89. The van der Waals surface area contributed by atoms with Crippen molar-refractivity contribution in [3.05, 3.63) is 66.2 Å². The maximum Gasteiger partial charge on any atom is 0.243 e. The van der Waals surface area contributed by atoms with E-state index in [4.69, 9.17) is 0 Å². The van der Waals surface area contributed by atoms with Crippen molar-refractivity contribution in [3.63, 3.8) is 0 Å². The number of carbonyl (C=O) groups is 2. The molecule has 0 saturated carbocycles. The fourth-order valence-corrected chi connectivity index (χ4v) is 2.89. The molecule has 138 valence electrons. The lowest BCUT2D eigenvalue weighted by molar-refractivity contribution is -0.116. The van der Waals surface area contributed by atoms with Crippen LogP contribution >= 0.6 is 0 Å². The number of amides is 2. The van der Waals surface area contributed by atoms with Crippen LogP contribution in [-0.2, 0) is 9.59 Å². The van der Waals surface area contributed by atoms with Crippen LogP contribution in [0.1, 0.15) is 18.9 Å². The molecule has 27 heavy (non-hydrogen) atoms. The second-order valence-corrected chi connectivity index (χ2v) is 6.31. The van der Waals surface area contributed by atoms with Crippen LogP contribution in [0.5, 0.6) is 0 Å². The summed E-state index contributed by atoms with van der Waals surface area (Å²) in [6.07, 6.45) is 0.408. The number of benzene rings is 3. The van der Waals surface area contributed by atoms with Gasteiger partial charge < -0.3 is 16.0 Å². The average molecular weight is 361 g/mol. The lowest BCUT2D eigenvalue weighted by Gasteiger charge is -2.14. The lowest BCUT2D eigenvalue weighted by atomic mass is 10.1. The molecule has 3 aromatic rings. The first-order chi connectivity index (χ1) is 13.1. The molecule has 0 aromatic heterocycles. The standard InChI is InChI=1S/C22H23N3O2/c1-3-21(26)24-18-11-7-12-19(15(18)2)25-22(27)14-23-20-13-6-9-16-8-4-5-10-17(16)20/h4-13,23H,3,14H2,1-2H3,(H,24,26)(H,25,27). The van der Waals surface area contributed by atoms with Crippen LogP contribution in [0.3, 0.4) is 0 Å². The van der Waals surface area contributed by atoms with Crippen molar-refractivity contribution in [3.8, 4) is 0 Å². The Morgan fingerprint density at radius 1 is 0.778 bits per heavy atom. The van der Waals surface area contributed by atoms with Gasteiger partial charge in [-0.05, 0) is 36.1 Å². The van der Waals surface area contributed by atoms with Gasteiger partial charge in [0.25, 0.3) is 0 Å². The van der Waals surface area contributed by atoms with Gasteiger partial charge in [0.05, 0.1) is 6.54 Å². The highest BCUT2D eigenvalue weighted by Crippen LogP contribution is 2.24. The van der Waals surface area contributed by atoms with E-state index in [0.29, 0.717) is 17.8 Å². The van der Waals surface area contributed by atoms with E-state index in [1.54, 1.807) is 6.92 Å². The van der Waals surface area contributed by atoms with Crippen molar-refractivity contribution >= 4 is 39.6 Å². The van der Waals surface area contributed by atoms with Crippen LogP contribution in [0, 0.1) is 6.92 Å². The summed E-state index contributed by atoms with van der Waals surface area (Å²) in [4.78, 5) is 24.0. The number of rotatable bonds is 6. The highest BCUT2D eigenvalue weighted by Gasteiger charge is 2.10. The van der Waals surface area contributed by atoms with E-state index in [0.717, 1.165) is 22.0 Å². The number of nitrogens with one attached hydrogen (secondary N) is 3. The minimum Gasteiger partial charge on any atom is -0.376 e. The highest BCUT2D eigenvalue weighted by molar-refractivity contribution is 5.99. The molecular formula is C22H23N3O2. The van der Waals surface area contributed by atoms with E-state index in [1.807, 2.05) is 67.6 Å². The zero-order valence-corrected chi connectivity index (χ0v) is 15.5. The van der Waals surface area contributed by atoms with Gasteiger partial charge in [-0.2, -0.15) is 0 Å². The molecule has 0 unspecified atom stereocenters. The summed E-state index contributed by atoms with van der Waals surface area (Å²) in [5.74, 6) is -0.204. The molecule has 5 heteroatoms. The van der Waals surface area contributed by atoms with E-state index in [1.165, 1.54) is 0 Å². The van der Waals surface area contributed by atoms with Crippen LogP contribution < -0.4 is 16.0 Å². The number of anilines is 3. The maximum atomic E-state index is 12.4. The predicted octanol–water partition coefficient (Wildman–Crippen LogP) is 4.55. The summed E-state index contributed by atoms with van der Waals surface area (Å²) in [6.45, 7) is 3.83. The molecule has 0 aliphatic carbocycles. The van der Waals surface area contributed by atoms with Gasteiger partial charge in [0.2, 0.25) is 11.8 Å². The fraction of sp³-hybridized carbons (Fsp3) is 0.182. The van der Waals surface area contributed by atoms with Gasteiger partial charge in [-0.25, -0.2) is 0 Å². The summed E-state index contributed by atoms with van der Waals surface area (Å²) < 4.78 is 0.